The van der Waals surface area contributed by atoms with Crippen molar-refractivity contribution in [2.24, 2.45) is 16.3 Å². The average Bonchev–Trinajstić information content (AvgIpc) is 2.66. The molecule has 4 rings (SSSR count). The van der Waals surface area contributed by atoms with Gasteiger partial charge in [0.2, 0.25) is 0 Å². The highest BCUT2D eigenvalue weighted by Crippen LogP contribution is 2.48. The number of carbonyl (C=O) groups is 2. The molecule has 0 amide bonds. The number of aliphatic imine (C=N–C) groups is 1. The number of rotatable bonds is 3. The highest BCUT2D eigenvalue weighted by Gasteiger charge is 2.46. The lowest BCUT2D eigenvalue weighted by Crippen LogP contribution is -2.40. The lowest BCUT2D eigenvalue weighted by atomic mass is 9.67. The van der Waals surface area contributed by atoms with E-state index in [-0.39, 0.29) is 29.1 Å². The zero-order valence-electron chi connectivity index (χ0n) is 18.0. The standard InChI is InChI=1S/C25H30FNO3/c1-15-21(24(29)30-18-10-5-4-6-11-18)22(16-8-7-9-17(26)12-16)23-19(27-15)13-25(2,3)14-20(23)28/h7-9,12,18,21-22H,4-6,10-11,13-14H2,1-3H3/t21?,22-/m0/s1. The van der Waals surface area contributed by atoms with Gasteiger partial charge < -0.3 is 4.74 Å². The van der Waals surface area contributed by atoms with Crippen LogP contribution in [0, 0.1) is 17.2 Å². The smallest absolute Gasteiger partial charge is 0.315 e. The summed E-state index contributed by atoms with van der Waals surface area (Å²) in [4.78, 5) is 31.3. The summed E-state index contributed by atoms with van der Waals surface area (Å²) in [6.07, 6.45) is 6.03. The number of nitrogens with zero attached hydrogens (tertiary/aromatic N) is 1. The predicted molar refractivity (Wildman–Crippen MR) is 114 cm³/mol. The van der Waals surface area contributed by atoms with Crippen LogP contribution in [0.2, 0.25) is 0 Å². The van der Waals surface area contributed by atoms with Crippen LogP contribution in [0.5, 0.6) is 0 Å². The number of allylic oxidation sites excluding steroid dienone is 2. The summed E-state index contributed by atoms with van der Waals surface area (Å²) in [6.45, 7) is 5.94. The second-order valence-corrected chi connectivity index (χ2v) is 9.76. The van der Waals surface area contributed by atoms with E-state index < -0.39 is 11.8 Å². The third-order valence-corrected chi connectivity index (χ3v) is 6.60. The fourth-order valence-corrected chi connectivity index (χ4v) is 5.23. The van der Waals surface area contributed by atoms with Crippen LogP contribution in [0.15, 0.2) is 40.5 Å². The maximum Gasteiger partial charge on any atom is 0.315 e. The van der Waals surface area contributed by atoms with E-state index in [4.69, 9.17) is 9.73 Å². The Labute approximate surface area is 177 Å². The average molecular weight is 412 g/mol. The van der Waals surface area contributed by atoms with Gasteiger partial charge >= 0.3 is 5.97 Å². The molecule has 2 atom stereocenters. The first-order chi connectivity index (χ1) is 14.2. The molecule has 2 aliphatic carbocycles. The van der Waals surface area contributed by atoms with E-state index in [1.165, 1.54) is 18.6 Å². The Balaban J connectivity index is 1.75. The first kappa shape index (κ1) is 21.0. The summed E-state index contributed by atoms with van der Waals surface area (Å²) in [7, 11) is 0. The van der Waals surface area contributed by atoms with Gasteiger partial charge in [-0.2, -0.15) is 0 Å². The maximum atomic E-state index is 14.1. The molecule has 0 bridgehead atoms. The number of Topliss-reactive ketones (excluding diaryl/α,β-unsaturated/α-hetero) is 1. The van der Waals surface area contributed by atoms with E-state index in [0.717, 1.165) is 31.4 Å². The van der Waals surface area contributed by atoms with Gasteiger partial charge in [0.05, 0.1) is 0 Å². The Kier molecular flexibility index (Phi) is 5.65. The van der Waals surface area contributed by atoms with Crippen molar-refractivity contribution in [3.63, 3.8) is 0 Å². The molecule has 1 aromatic rings. The van der Waals surface area contributed by atoms with Crippen LogP contribution < -0.4 is 0 Å². The van der Waals surface area contributed by atoms with Crippen LogP contribution in [0.1, 0.15) is 77.2 Å². The van der Waals surface area contributed by atoms with Crippen molar-refractivity contribution >= 4 is 17.5 Å². The monoisotopic (exact) mass is 411 g/mol. The summed E-state index contributed by atoms with van der Waals surface area (Å²) in [5, 5.41) is 0. The zero-order chi connectivity index (χ0) is 21.5. The molecule has 0 saturated heterocycles. The fourth-order valence-electron chi connectivity index (χ4n) is 5.23. The van der Waals surface area contributed by atoms with E-state index in [9.17, 15) is 14.0 Å². The molecule has 1 saturated carbocycles. The molecule has 0 aromatic heterocycles. The molecule has 4 nitrogen and oxygen atoms in total. The number of ketones is 1. The number of hydrogen-bond donors (Lipinski definition) is 0. The second kappa shape index (κ2) is 8.09. The van der Waals surface area contributed by atoms with Crippen molar-refractivity contribution in [1.82, 2.24) is 0 Å². The van der Waals surface area contributed by atoms with E-state index >= 15 is 0 Å². The lowest BCUT2D eigenvalue weighted by Gasteiger charge is -2.39. The Hall–Kier alpha value is -2.30. The van der Waals surface area contributed by atoms with E-state index in [0.29, 0.717) is 29.7 Å². The molecule has 1 aromatic carbocycles. The SMILES string of the molecule is CC1=NC2=C(C(=O)CC(C)(C)C2)[C@@H](c2cccc(F)c2)C1C(=O)OC1CCCCC1. The van der Waals surface area contributed by atoms with Gasteiger partial charge in [0.15, 0.2) is 5.78 Å². The van der Waals surface area contributed by atoms with Crippen LogP contribution in [-0.4, -0.2) is 23.6 Å². The first-order valence-electron chi connectivity index (χ1n) is 11.0. The van der Waals surface area contributed by atoms with Gasteiger partial charge in [0.1, 0.15) is 17.8 Å². The van der Waals surface area contributed by atoms with Crippen molar-refractivity contribution < 1.29 is 18.7 Å². The third kappa shape index (κ3) is 4.12. The Morgan fingerprint density at radius 1 is 1.17 bits per heavy atom. The van der Waals surface area contributed by atoms with Gasteiger partial charge in [-0.3, -0.25) is 14.6 Å². The minimum absolute atomic E-state index is 0.00206. The number of esters is 1. The van der Waals surface area contributed by atoms with Gasteiger partial charge in [-0.05, 0) is 62.1 Å². The molecule has 0 spiro atoms. The highest BCUT2D eigenvalue weighted by molar-refractivity contribution is 6.09. The summed E-state index contributed by atoms with van der Waals surface area (Å²) >= 11 is 0. The Morgan fingerprint density at radius 3 is 2.60 bits per heavy atom. The molecule has 1 heterocycles. The summed E-state index contributed by atoms with van der Waals surface area (Å²) in [6, 6.07) is 6.24. The quantitative estimate of drug-likeness (QED) is 0.616. The summed E-state index contributed by atoms with van der Waals surface area (Å²) in [5.41, 5.74) is 2.41. The molecule has 0 radical (unpaired) electrons. The molecule has 3 aliphatic rings. The van der Waals surface area contributed by atoms with E-state index in [2.05, 4.69) is 13.8 Å². The minimum atomic E-state index is -0.697. The highest BCUT2D eigenvalue weighted by atomic mass is 19.1. The Morgan fingerprint density at radius 2 is 1.90 bits per heavy atom. The van der Waals surface area contributed by atoms with Crippen molar-refractivity contribution in [3.8, 4) is 0 Å². The first-order valence-corrected chi connectivity index (χ1v) is 11.0. The largest absolute Gasteiger partial charge is 0.462 e. The normalized spacial score (nSPS) is 26.8. The molecular weight excluding hydrogens is 381 g/mol. The number of carbonyl (C=O) groups excluding carboxylic acids is 2. The fraction of sp³-hybridized carbons (Fsp3) is 0.560. The second-order valence-electron chi connectivity index (χ2n) is 9.76. The molecule has 0 N–H and O–H groups in total. The number of hydrogen-bond acceptors (Lipinski definition) is 4. The number of benzene rings is 1. The number of halogens is 1. The van der Waals surface area contributed by atoms with E-state index in [1.807, 2.05) is 6.92 Å². The molecule has 160 valence electrons. The van der Waals surface area contributed by atoms with Gasteiger partial charge in [-0.1, -0.05) is 32.4 Å². The minimum Gasteiger partial charge on any atom is -0.462 e. The summed E-state index contributed by atoms with van der Waals surface area (Å²) in [5.74, 6) is -1.97. The van der Waals surface area contributed by atoms with Gasteiger partial charge in [-0.25, -0.2) is 4.39 Å². The van der Waals surface area contributed by atoms with Crippen LogP contribution >= 0.6 is 0 Å². The Bertz CT molecular complexity index is 924. The topological polar surface area (TPSA) is 55.7 Å². The number of ether oxygens (including phenoxy) is 1. The van der Waals surface area contributed by atoms with Crippen LogP contribution in [-0.2, 0) is 14.3 Å². The molecular formula is C25H30FNO3. The molecule has 5 heteroatoms. The molecule has 1 aliphatic heterocycles. The third-order valence-electron chi connectivity index (χ3n) is 6.60. The lowest BCUT2D eigenvalue weighted by molar-refractivity contribution is -0.153. The summed E-state index contributed by atoms with van der Waals surface area (Å²) < 4.78 is 20.0. The van der Waals surface area contributed by atoms with Gasteiger partial charge in [0, 0.05) is 29.3 Å². The zero-order valence-corrected chi connectivity index (χ0v) is 18.0. The van der Waals surface area contributed by atoms with Gasteiger partial charge in [-0.15, -0.1) is 0 Å². The molecule has 1 fully saturated rings. The van der Waals surface area contributed by atoms with Crippen LogP contribution in [0.4, 0.5) is 4.39 Å². The van der Waals surface area contributed by atoms with Crippen molar-refractivity contribution in [2.75, 3.05) is 0 Å². The van der Waals surface area contributed by atoms with Crippen molar-refractivity contribution in [1.29, 1.82) is 0 Å². The predicted octanol–water partition coefficient (Wildman–Crippen LogP) is 5.52. The van der Waals surface area contributed by atoms with Gasteiger partial charge in [0.25, 0.3) is 0 Å². The van der Waals surface area contributed by atoms with Crippen LogP contribution in [0.25, 0.3) is 0 Å². The maximum absolute atomic E-state index is 14.1. The van der Waals surface area contributed by atoms with Crippen molar-refractivity contribution in [2.45, 2.75) is 77.7 Å². The molecule has 1 unspecified atom stereocenters. The molecule has 30 heavy (non-hydrogen) atoms. The van der Waals surface area contributed by atoms with Crippen LogP contribution in [0.3, 0.4) is 0 Å². The van der Waals surface area contributed by atoms with E-state index in [1.54, 1.807) is 12.1 Å². The van der Waals surface area contributed by atoms with Crippen molar-refractivity contribution in [3.05, 3.63) is 46.9 Å².